The molecule has 0 spiro atoms. The number of primary amides is 1. The first-order valence-electron chi connectivity index (χ1n) is 13.3. The molecule has 0 unspecified atom stereocenters. The number of aryl methyl sites for hydroxylation is 2. The number of rotatable bonds is 5. The number of nitrogens with two attached hydrogens (primary N) is 1. The van der Waals surface area contributed by atoms with Crippen LogP contribution in [0.5, 0.6) is 0 Å². The van der Waals surface area contributed by atoms with Gasteiger partial charge in [0.15, 0.2) is 5.82 Å². The lowest BCUT2D eigenvalue weighted by atomic mass is 9.66. The highest BCUT2D eigenvalue weighted by Gasteiger charge is 2.54. The molecule has 5 rings (SSSR count). The summed E-state index contributed by atoms with van der Waals surface area (Å²) >= 11 is 0. The third kappa shape index (κ3) is 3.02. The van der Waals surface area contributed by atoms with Crippen molar-refractivity contribution in [2.75, 3.05) is 5.32 Å². The Morgan fingerprint density at radius 2 is 2.09 bits per heavy atom. The normalized spacial score (nSPS) is 23.9. The van der Waals surface area contributed by atoms with E-state index in [0.717, 1.165) is 0 Å². The molecule has 1 aliphatic carbocycles. The maximum absolute atomic E-state index is 13.9. The fourth-order valence-corrected chi connectivity index (χ4v) is 4.36. The van der Waals surface area contributed by atoms with Gasteiger partial charge in [0.25, 0.3) is 0 Å². The van der Waals surface area contributed by atoms with Crippen LogP contribution < -0.4 is 16.7 Å². The molecule has 4 heterocycles. The van der Waals surface area contributed by atoms with Crippen molar-refractivity contribution < 1.29 is 17.4 Å². The number of aromatic nitrogens is 6. The van der Waals surface area contributed by atoms with E-state index >= 15 is 0 Å². The number of anilines is 2. The number of nitrogens with zero attached hydrogens (tertiary/aromatic N) is 6. The third-order valence-corrected chi connectivity index (χ3v) is 6.07. The molecule has 0 atom stereocenters. The first kappa shape index (κ1) is 15.1. The van der Waals surface area contributed by atoms with Gasteiger partial charge in [-0.3, -0.25) is 13.9 Å². The van der Waals surface area contributed by atoms with Gasteiger partial charge < -0.3 is 11.1 Å². The highest BCUT2D eigenvalue weighted by molar-refractivity contribution is 5.87. The van der Waals surface area contributed by atoms with Crippen LogP contribution in [-0.2, 0) is 17.2 Å². The van der Waals surface area contributed by atoms with E-state index in [4.69, 9.17) is 14.0 Å². The fraction of sp³-hybridized carbons (Fsp3) is 0.409. The second-order valence-corrected chi connectivity index (χ2v) is 8.52. The Labute approximate surface area is 196 Å². The monoisotopic (exact) mass is 458 g/mol. The highest BCUT2D eigenvalue weighted by Crippen LogP contribution is 2.45. The quantitative estimate of drug-likeness (QED) is 0.473. The summed E-state index contributed by atoms with van der Waals surface area (Å²) in [5.41, 5.74) is 3.64. The molecule has 0 bridgehead atoms. The number of imidazole rings is 2. The van der Waals surface area contributed by atoms with Crippen LogP contribution in [0, 0.1) is 6.85 Å². The van der Waals surface area contributed by atoms with Crippen LogP contribution in [0.4, 0.5) is 16.0 Å². The third-order valence-electron chi connectivity index (χ3n) is 6.07. The van der Waals surface area contributed by atoms with E-state index in [0.29, 0.717) is 10.1 Å². The van der Waals surface area contributed by atoms with Gasteiger partial charge in [-0.2, -0.15) is 0 Å². The van der Waals surface area contributed by atoms with E-state index in [1.807, 2.05) is 0 Å². The Balaban J connectivity index is 1.64. The van der Waals surface area contributed by atoms with Gasteiger partial charge >= 0.3 is 5.69 Å². The zero-order valence-electron chi connectivity index (χ0n) is 23.8. The van der Waals surface area contributed by atoms with Gasteiger partial charge in [-0.05, 0) is 32.8 Å². The maximum Gasteiger partial charge on any atom is 0.329 e. The number of fused-ring (bicyclic) bond motifs is 2. The van der Waals surface area contributed by atoms with Crippen LogP contribution in [-0.4, -0.2) is 40.8 Å². The zero-order chi connectivity index (χ0) is 28.7. The first-order valence-corrected chi connectivity index (χ1v) is 10.3. The number of hydrogen-bond donors (Lipinski definition) is 2. The number of pyridine rings is 1. The summed E-state index contributed by atoms with van der Waals surface area (Å²) in [5, 5.41) is 7.37. The zero-order valence-corrected chi connectivity index (χ0v) is 17.8. The number of amides is 1. The van der Waals surface area contributed by atoms with Gasteiger partial charge in [0, 0.05) is 40.2 Å². The van der Waals surface area contributed by atoms with E-state index in [-0.39, 0.29) is 53.1 Å². The number of alkyl halides is 1. The predicted octanol–water partition coefficient (Wildman–Crippen LogP) is 2.27. The molecule has 4 aromatic rings. The molecule has 10 nitrogen and oxygen atoms in total. The summed E-state index contributed by atoms with van der Waals surface area (Å²) in [7, 11) is 0. The Morgan fingerprint density at radius 3 is 2.73 bits per heavy atom. The topological polar surface area (TPSA) is 125 Å². The summed E-state index contributed by atoms with van der Waals surface area (Å²) in [6, 6.07) is 4.06. The van der Waals surface area contributed by atoms with Crippen molar-refractivity contribution in [2.45, 2.75) is 51.2 Å². The second-order valence-electron chi connectivity index (χ2n) is 8.52. The highest BCUT2D eigenvalue weighted by atomic mass is 19.1. The number of halogens is 1. The van der Waals surface area contributed by atoms with E-state index in [1.54, 1.807) is 13.8 Å². The number of carbonyl (C=O) groups excluding carboxylic acids is 1. The second kappa shape index (κ2) is 7.12. The van der Waals surface area contributed by atoms with Crippen LogP contribution >= 0.6 is 0 Å². The number of hydrogen-bond acceptors (Lipinski definition) is 6. The van der Waals surface area contributed by atoms with Crippen molar-refractivity contribution in [1.82, 2.24) is 28.7 Å². The Hall–Kier alpha value is -3.76. The van der Waals surface area contributed by atoms with E-state index in [9.17, 15) is 14.0 Å². The Kier molecular flexibility index (Phi) is 3.27. The first-order chi connectivity index (χ1) is 18.0. The molecule has 0 saturated heterocycles. The molecule has 172 valence electrons. The summed E-state index contributed by atoms with van der Waals surface area (Å²) in [6.07, 6.45) is -0.519. The van der Waals surface area contributed by atoms with Gasteiger partial charge in [0.05, 0.1) is 28.4 Å². The predicted molar refractivity (Wildman–Crippen MR) is 121 cm³/mol. The summed E-state index contributed by atoms with van der Waals surface area (Å²) < 4.78 is 64.0. The molecule has 33 heavy (non-hydrogen) atoms. The fourth-order valence-electron chi connectivity index (χ4n) is 4.36. The minimum Gasteiger partial charge on any atom is -0.369 e. The van der Waals surface area contributed by atoms with Crippen LogP contribution in [0.1, 0.15) is 52.5 Å². The molecule has 0 aromatic carbocycles. The van der Waals surface area contributed by atoms with Crippen molar-refractivity contribution in [1.29, 1.82) is 0 Å². The molecule has 1 saturated carbocycles. The van der Waals surface area contributed by atoms with Crippen LogP contribution in [0.25, 0.3) is 16.6 Å². The average molecular weight is 459 g/mol. The summed E-state index contributed by atoms with van der Waals surface area (Å²) in [5.74, 6) is -0.533. The Morgan fingerprint density at radius 1 is 1.30 bits per heavy atom. The Bertz CT molecular complexity index is 1680. The van der Waals surface area contributed by atoms with E-state index in [1.165, 1.54) is 33.5 Å². The molecule has 0 radical (unpaired) electrons. The van der Waals surface area contributed by atoms with Gasteiger partial charge in [0.2, 0.25) is 5.91 Å². The van der Waals surface area contributed by atoms with Crippen molar-refractivity contribution >= 4 is 34.1 Å². The van der Waals surface area contributed by atoms with Crippen molar-refractivity contribution in [3.63, 3.8) is 0 Å². The molecule has 3 N–H and O–H groups in total. The molecular weight excluding hydrogens is 427 g/mol. The largest absolute Gasteiger partial charge is 0.369 e. The lowest BCUT2D eigenvalue weighted by molar-refractivity contribution is -0.129. The van der Waals surface area contributed by atoms with Crippen molar-refractivity contribution in [3.8, 4) is 0 Å². The van der Waals surface area contributed by atoms with Crippen molar-refractivity contribution in [3.05, 3.63) is 46.4 Å². The lowest BCUT2D eigenvalue weighted by Gasteiger charge is -2.39. The van der Waals surface area contributed by atoms with Crippen LogP contribution in [0.3, 0.4) is 0 Å². The standard InChI is InChI=1S/C22H25FN8O2/c1-11(2)30-15-7-18(25-10-16(15)29(4)21(30)33)27-17-6-5-14-12(3)26-20(31(14)28-17)22(19(24)32)8-13(23)9-22/h5-7,10-11,13H,8-9H2,1-4H3,(H2,24,32)(H,25,27,28)/i3D3,4D3. The number of carbonyl (C=O) groups is 1. The van der Waals surface area contributed by atoms with E-state index in [2.05, 4.69) is 20.4 Å². The smallest absolute Gasteiger partial charge is 0.329 e. The van der Waals surface area contributed by atoms with Gasteiger partial charge in [-0.1, -0.05) is 0 Å². The molecule has 4 aromatic heterocycles. The SMILES string of the molecule is [2H]C([2H])([2H])c1nc(C2(C(N)=O)CC(F)C2)n2nc(Nc3cc4c(cn3)n(C([2H])([2H])[2H])c(=O)n4C(C)C)ccc12. The minimum atomic E-state index is -2.71. The average Bonchev–Trinajstić information content (AvgIpc) is 3.30. The van der Waals surface area contributed by atoms with Crippen LogP contribution in [0.15, 0.2) is 29.2 Å². The van der Waals surface area contributed by atoms with Gasteiger partial charge in [-0.15, -0.1) is 5.10 Å². The molecule has 1 aliphatic rings. The van der Waals surface area contributed by atoms with Crippen molar-refractivity contribution in [2.24, 2.45) is 12.7 Å². The lowest BCUT2D eigenvalue weighted by Crippen LogP contribution is -2.53. The molecule has 1 amide bonds. The summed E-state index contributed by atoms with van der Waals surface area (Å²) in [4.78, 5) is 33.7. The summed E-state index contributed by atoms with van der Waals surface area (Å²) in [6.45, 7) is -1.87. The molecular formula is C22H25FN8O2. The molecule has 1 fully saturated rings. The minimum absolute atomic E-state index is 0.0690. The molecule has 11 heteroatoms. The van der Waals surface area contributed by atoms with Gasteiger partial charge in [-0.25, -0.2) is 23.7 Å². The maximum atomic E-state index is 13.9. The van der Waals surface area contributed by atoms with Gasteiger partial charge in [0.1, 0.15) is 23.2 Å². The molecule has 0 aliphatic heterocycles. The number of nitrogens with one attached hydrogen (secondary N) is 1. The van der Waals surface area contributed by atoms with E-state index < -0.39 is 37.0 Å². The van der Waals surface area contributed by atoms with Crippen LogP contribution in [0.2, 0.25) is 0 Å².